The first kappa shape index (κ1) is 14.3. The van der Waals surface area contributed by atoms with Crippen LogP contribution in [0.25, 0.3) is 0 Å². The number of hydrogen-bond donors (Lipinski definition) is 0. The van der Waals surface area contributed by atoms with E-state index in [1.165, 1.54) is 0 Å². The van der Waals surface area contributed by atoms with E-state index in [4.69, 9.17) is 14.2 Å². The van der Waals surface area contributed by atoms with Crippen molar-refractivity contribution in [3.63, 3.8) is 0 Å². The molecular weight excluding hydrogens is 220 g/mol. The minimum absolute atomic E-state index is 0.138. The Morgan fingerprint density at radius 1 is 1.47 bits per heavy atom. The lowest BCUT2D eigenvalue weighted by Crippen LogP contribution is -2.28. The summed E-state index contributed by atoms with van der Waals surface area (Å²) in [5.41, 5.74) is -0.158. The summed E-state index contributed by atoms with van der Waals surface area (Å²) in [7, 11) is 0. The van der Waals surface area contributed by atoms with Crippen LogP contribution >= 0.6 is 0 Å². The van der Waals surface area contributed by atoms with Crippen molar-refractivity contribution in [3.05, 3.63) is 0 Å². The van der Waals surface area contributed by atoms with E-state index in [1.807, 2.05) is 27.7 Å². The molecule has 3 unspecified atom stereocenters. The van der Waals surface area contributed by atoms with Gasteiger partial charge in [0.25, 0.3) is 0 Å². The van der Waals surface area contributed by atoms with Crippen molar-refractivity contribution in [3.8, 4) is 0 Å². The van der Waals surface area contributed by atoms with Gasteiger partial charge in [0.2, 0.25) is 6.29 Å². The molecule has 0 spiro atoms. The highest BCUT2D eigenvalue weighted by Gasteiger charge is 2.37. The molecule has 4 heteroatoms. The summed E-state index contributed by atoms with van der Waals surface area (Å²) in [6.45, 7) is 9.97. The molecule has 1 rings (SSSR count). The molecule has 0 bridgehead atoms. The molecule has 1 aliphatic rings. The maximum absolute atomic E-state index is 11.5. The third-order valence-corrected chi connectivity index (χ3v) is 3.52. The molecule has 0 aliphatic carbocycles. The zero-order valence-electron chi connectivity index (χ0n) is 11.5. The zero-order chi connectivity index (χ0) is 13.1. The standard InChI is InChI=1S/C13H24O4/c1-6-13(5)8-7-11(17-13)16-12(14)15-10(4)9(2)3/h9-11H,6-8H2,1-5H3. The van der Waals surface area contributed by atoms with Gasteiger partial charge >= 0.3 is 6.16 Å². The number of carbonyl (C=O) groups is 1. The first-order valence-corrected chi connectivity index (χ1v) is 6.41. The molecule has 0 aromatic carbocycles. The normalized spacial score (nSPS) is 30.4. The summed E-state index contributed by atoms with van der Waals surface area (Å²) >= 11 is 0. The summed E-state index contributed by atoms with van der Waals surface area (Å²) in [5.74, 6) is 0.285. The quantitative estimate of drug-likeness (QED) is 0.710. The van der Waals surface area contributed by atoms with Crippen molar-refractivity contribution in [2.75, 3.05) is 0 Å². The molecule has 0 radical (unpaired) electrons. The monoisotopic (exact) mass is 244 g/mol. The SMILES string of the molecule is CCC1(C)CCC(OC(=O)OC(C)C(C)C)O1. The molecule has 4 nitrogen and oxygen atoms in total. The lowest BCUT2D eigenvalue weighted by Gasteiger charge is -2.23. The second kappa shape index (κ2) is 5.71. The minimum atomic E-state index is -0.628. The van der Waals surface area contributed by atoms with Crippen LogP contribution in [0.4, 0.5) is 4.79 Å². The number of ether oxygens (including phenoxy) is 3. The second-order valence-corrected chi connectivity index (χ2v) is 5.32. The van der Waals surface area contributed by atoms with E-state index >= 15 is 0 Å². The Morgan fingerprint density at radius 3 is 2.59 bits per heavy atom. The van der Waals surface area contributed by atoms with Crippen molar-refractivity contribution < 1.29 is 19.0 Å². The van der Waals surface area contributed by atoms with E-state index in [9.17, 15) is 4.79 Å². The number of hydrogen-bond acceptors (Lipinski definition) is 4. The molecule has 0 aromatic rings. The Bertz CT molecular complexity index is 264. The highest BCUT2D eigenvalue weighted by Crippen LogP contribution is 2.33. The number of rotatable bonds is 4. The van der Waals surface area contributed by atoms with E-state index < -0.39 is 12.4 Å². The predicted molar refractivity (Wildman–Crippen MR) is 64.7 cm³/mol. The van der Waals surface area contributed by atoms with Crippen LogP contribution in [-0.4, -0.2) is 24.2 Å². The van der Waals surface area contributed by atoms with Gasteiger partial charge in [0.15, 0.2) is 0 Å². The lowest BCUT2D eigenvalue weighted by atomic mass is 10.0. The Morgan fingerprint density at radius 2 is 2.12 bits per heavy atom. The number of carbonyl (C=O) groups excluding carboxylic acids is 1. The molecule has 1 aliphatic heterocycles. The van der Waals surface area contributed by atoms with Crippen LogP contribution in [0, 0.1) is 5.92 Å². The summed E-state index contributed by atoms with van der Waals surface area (Å²) in [4.78, 5) is 11.5. The molecule has 1 fully saturated rings. The highest BCUT2D eigenvalue weighted by atomic mass is 16.8. The van der Waals surface area contributed by atoms with Crippen LogP contribution in [0.1, 0.15) is 53.9 Å². The van der Waals surface area contributed by atoms with E-state index in [2.05, 4.69) is 6.92 Å². The van der Waals surface area contributed by atoms with Crippen molar-refractivity contribution in [1.29, 1.82) is 0 Å². The highest BCUT2D eigenvalue weighted by molar-refractivity contribution is 5.60. The molecule has 3 atom stereocenters. The van der Waals surface area contributed by atoms with Gasteiger partial charge in [-0.3, -0.25) is 0 Å². The van der Waals surface area contributed by atoms with Gasteiger partial charge in [0.05, 0.1) is 5.60 Å². The van der Waals surface area contributed by atoms with Gasteiger partial charge in [0.1, 0.15) is 6.10 Å². The van der Waals surface area contributed by atoms with Crippen LogP contribution in [-0.2, 0) is 14.2 Å². The van der Waals surface area contributed by atoms with Gasteiger partial charge in [-0.25, -0.2) is 4.79 Å². The van der Waals surface area contributed by atoms with E-state index in [0.717, 1.165) is 19.3 Å². The Balaban J connectivity index is 2.34. The fourth-order valence-electron chi connectivity index (χ4n) is 1.62. The van der Waals surface area contributed by atoms with Gasteiger partial charge in [-0.15, -0.1) is 0 Å². The molecule has 0 amide bonds. The molecule has 1 saturated heterocycles. The third kappa shape index (κ3) is 4.19. The van der Waals surface area contributed by atoms with Crippen LogP contribution in [0.5, 0.6) is 0 Å². The first-order chi connectivity index (χ1) is 7.86. The van der Waals surface area contributed by atoms with Gasteiger partial charge < -0.3 is 14.2 Å². The fourth-order valence-corrected chi connectivity index (χ4v) is 1.62. The van der Waals surface area contributed by atoms with E-state index in [-0.39, 0.29) is 17.6 Å². The predicted octanol–water partition coefficient (Wildman–Crippen LogP) is 3.49. The van der Waals surface area contributed by atoms with E-state index in [1.54, 1.807) is 0 Å². The van der Waals surface area contributed by atoms with Gasteiger partial charge in [-0.05, 0) is 32.6 Å². The van der Waals surface area contributed by atoms with Crippen LogP contribution in [0.2, 0.25) is 0 Å². The maximum atomic E-state index is 11.5. The van der Waals surface area contributed by atoms with Gasteiger partial charge in [0, 0.05) is 6.42 Å². The van der Waals surface area contributed by atoms with Crippen molar-refractivity contribution >= 4 is 6.16 Å². The molecule has 0 N–H and O–H groups in total. The van der Waals surface area contributed by atoms with Gasteiger partial charge in [-0.2, -0.15) is 0 Å². The summed E-state index contributed by atoms with van der Waals surface area (Å²) < 4.78 is 16.0. The second-order valence-electron chi connectivity index (χ2n) is 5.32. The van der Waals surface area contributed by atoms with Crippen molar-refractivity contribution in [2.24, 2.45) is 5.92 Å². The Labute approximate surface area is 104 Å². The first-order valence-electron chi connectivity index (χ1n) is 6.41. The van der Waals surface area contributed by atoms with Crippen molar-refractivity contribution in [2.45, 2.75) is 71.9 Å². The Kier molecular flexibility index (Phi) is 4.80. The fraction of sp³-hybridized carbons (Fsp3) is 0.923. The smallest absolute Gasteiger partial charge is 0.431 e. The zero-order valence-corrected chi connectivity index (χ0v) is 11.5. The van der Waals surface area contributed by atoms with Gasteiger partial charge in [-0.1, -0.05) is 20.8 Å². The van der Waals surface area contributed by atoms with Crippen LogP contribution < -0.4 is 0 Å². The average Bonchev–Trinajstić information content (AvgIpc) is 2.60. The minimum Gasteiger partial charge on any atom is -0.431 e. The largest absolute Gasteiger partial charge is 0.510 e. The summed E-state index contributed by atoms with van der Waals surface area (Å²) in [6.07, 6.45) is 1.37. The van der Waals surface area contributed by atoms with Crippen LogP contribution in [0.3, 0.4) is 0 Å². The summed E-state index contributed by atoms with van der Waals surface area (Å²) in [5, 5.41) is 0. The van der Waals surface area contributed by atoms with E-state index in [0.29, 0.717) is 0 Å². The van der Waals surface area contributed by atoms with Crippen LogP contribution in [0.15, 0.2) is 0 Å². The molecule has 0 aromatic heterocycles. The molecule has 100 valence electrons. The third-order valence-electron chi connectivity index (χ3n) is 3.52. The van der Waals surface area contributed by atoms with Crippen molar-refractivity contribution in [1.82, 2.24) is 0 Å². The Hall–Kier alpha value is -0.770. The molecular formula is C13H24O4. The lowest BCUT2D eigenvalue weighted by molar-refractivity contribution is -0.150. The molecule has 1 heterocycles. The summed E-state index contributed by atoms with van der Waals surface area (Å²) in [6, 6.07) is 0. The molecule has 0 saturated carbocycles. The maximum Gasteiger partial charge on any atom is 0.510 e. The molecule has 17 heavy (non-hydrogen) atoms. The average molecular weight is 244 g/mol. The topological polar surface area (TPSA) is 44.8 Å².